The standard InChI is InChI=1S/C24H35N5OS/c1-6-28-10-12-29(13-11-28)22-18(4)19(5)26-24(27-22)31-16-20-8-7-9-21(14-20)23(30)25-15-17(2)3/h7-9,14,17H,6,10-13,15-16H2,1-5H3,(H,25,30). The number of piperazine rings is 1. The molecule has 168 valence electrons. The number of nitrogens with zero attached hydrogens (tertiary/aromatic N) is 4. The number of anilines is 1. The number of hydrogen-bond acceptors (Lipinski definition) is 6. The van der Waals surface area contributed by atoms with Gasteiger partial charge in [0.2, 0.25) is 0 Å². The molecule has 1 aliphatic rings. The van der Waals surface area contributed by atoms with E-state index in [4.69, 9.17) is 9.97 Å². The van der Waals surface area contributed by atoms with Crippen molar-refractivity contribution in [1.29, 1.82) is 0 Å². The molecular formula is C24H35N5OS. The Morgan fingerprint density at radius 3 is 2.58 bits per heavy atom. The summed E-state index contributed by atoms with van der Waals surface area (Å²) in [5.41, 5.74) is 4.00. The zero-order valence-electron chi connectivity index (χ0n) is 19.4. The van der Waals surface area contributed by atoms with Crippen LogP contribution in [-0.4, -0.2) is 60.0 Å². The van der Waals surface area contributed by atoms with Crippen LogP contribution in [0.3, 0.4) is 0 Å². The summed E-state index contributed by atoms with van der Waals surface area (Å²) >= 11 is 1.63. The number of carbonyl (C=O) groups excluding carboxylic acids is 1. The van der Waals surface area contributed by atoms with Gasteiger partial charge in [0.05, 0.1) is 0 Å². The largest absolute Gasteiger partial charge is 0.354 e. The van der Waals surface area contributed by atoms with Crippen molar-refractivity contribution < 1.29 is 4.79 Å². The molecule has 0 unspecified atom stereocenters. The van der Waals surface area contributed by atoms with Crippen LogP contribution in [0.25, 0.3) is 0 Å². The zero-order chi connectivity index (χ0) is 22.4. The van der Waals surface area contributed by atoms with Gasteiger partial charge in [-0.1, -0.05) is 44.7 Å². The topological polar surface area (TPSA) is 61.4 Å². The van der Waals surface area contributed by atoms with Gasteiger partial charge in [-0.3, -0.25) is 4.79 Å². The zero-order valence-corrected chi connectivity index (χ0v) is 20.3. The fraction of sp³-hybridized carbons (Fsp3) is 0.542. The van der Waals surface area contributed by atoms with Gasteiger partial charge in [0.15, 0.2) is 5.16 Å². The van der Waals surface area contributed by atoms with E-state index in [0.29, 0.717) is 18.0 Å². The molecular weight excluding hydrogens is 406 g/mol. The van der Waals surface area contributed by atoms with Crippen molar-refractivity contribution in [1.82, 2.24) is 20.2 Å². The molecule has 1 aromatic heterocycles. The molecule has 7 heteroatoms. The van der Waals surface area contributed by atoms with Crippen molar-refractivity contribution in [2.24, 2.45) is 5.92 Å². The summed E-state index contributed by atoms with van der Waals surface area (Å²) in [7, 11) is 0. The summed E-state index contributed by atoms with van der Waals surface area (Å²) in [5.74, 6) is 2.21. The van der Waals surface area contributed by atoms with Crippen LogP contribution in [0.4, 0.5) is 5.82 Å². The summed E-state index contributed by atoms with van der Waals surface area (Å²) in [5, 5.41) is 3.78. The van der Waals surface area contributed by atoms with E-state index in [9.17, 15) is 4.79 Å². The van der Waals surface area contributed by atoms with Crippen LogP contribution < -0.4 is 10.2 Å². The number of aromatic nitrogens is 2. The minimum absolute atomic E-state index is 0.0171. The van der Waals surface area contributed by atoms with Crippen molar-refractivity contribution >= 4 is 23.5 Å². The van der Waals surface area contributed by atoms with E-state index in [0.717, 1.165) is 66.3 Å². The SMILES string of the molecule is CCN1CCN(c2nc(SCc3cccc(C(=O)NCC(C)C)c3)nc(C)c2C)CC1. The van der Waals surface area contributed by atoms with E-state index < -0.39 is 0 Å². The Labute approximate surface area is 190 Å². The molecule has 0 atom stereocenters. The number of amides is 1. The highest BCUT2D eigenvalue weighted by molar-refractivity contribution is 7.98. The predicted molar refractivity (Wildman–Crippen MR) is 129 cm³/mol. The minimum Gasteiger partial charge on any atom is -0.354 e. The van der Waals surface area contributed by atoms with E-state index in [1.165, 1.54) is 0 Å². The maximum atomic E-state index is 12.4. The first kappa shape index (κ1) is 23.5. The van der Waals surface area contributed by atoms with E-state index >= 15 is 0 Å². The second kappa shape index (κ2) is 11.0. The molecule has 0 radical (unpaired) electrons. The summed E-state index contributed by atoms with van der Waals surface area (Å²) in [6.45, 7) is 16.5. The lowest BCUT2D eigenvalue weighted by Gasteiger charge is -2.35. The second-order valence-corrected chi connectivity index (χ2v) is 9.50. The normalized spacial score (nSPS) is 14.8. The molecule has 0 aliphatic carbocycles. The highest BCUT2D eigenvalue weighted by Crippen LogP contribution is 2.27. The van der Waals surface area contributed by atoms with Gasteiger partial charge in [0.25, 0.3) is 5.91 Å². The molecule has 3 rings (SSSR count). The first-order valence-corrected chi connectivity index (χ1v) is 12.2. The monoisotopic (exact) mass is 441 g/mol. The number of rotatable bonds is 8. The Hall–Kier alpha value is -2.12. The van der Waals surface area contributed by atoms with Gasteiger partial charge in [0.1, 0.15) is 5.82 Å². The van der Waals surface area contributed by atoms with Crippen LogP contribution in [0.5, 0.6) is 0 Å². The van der Waals surface area contributed by atoms with Gasteiger partial charge >= 0.3 is 0 Å². The lowest BCUT2D eigenvalue weighted by molar-refractivity contribution is 0.0949. The van der Waals surface area contributed by atoms with E-state index in [1.54, 1.807) is 11.8 Å². The highest BCUT2D eigenvalue weighted by atomic mass is 32.2. The Morgan fingerprint density at radius 1 is 1.16 bits per heavy atom. The highest BCUT2D eigenvalue weighted by Gasteiger charge is 2.20. The average molecular weight is 442 g/mol. The molecule has 6 nitrogen and oxygen atoms in total. The molecule has 0 spiro atoms. The average Bonchev–Trinajstić information content (AvgIpc) is 2.78. The van der Waals surface area contributed by atoms with Crippen molar-refractivity contribution in [3.05, 3.63) is 46.6 Å². The number of aryl methyl sites for hydroxylation is 1. The predicted octanol–water partition coefficient (Wildman–Crippen LogP) is 3.91. The van der Waals surface area contributed by atoms with E-state index in [1.807, 2.05) is 18.2 Å². The Kier molecular flexibility index (Phi) is 8.32. The smallest absolute Gasteiger partial charge is 0.251 e. The van der Waals surface area contributed by atoms with Gasteiger partial charge in [-0.2, -0.15) is 0 Å². The van der Waals surface area contributed by atoms with Crippen molar-refractivity contribution in [3.63, 3.8) is 0 Å². The molecule has 2 heterocycles. The summed E-state index contributed by atoms with van der Waals surface area (Å²) in [4.78, 5) is 26.9. The second-order valence-electron chi connectivity index (χ2n) is 8.55. The molecule has 2 aromatic rings. The molecule has 0 bridgehead atoms. The third-order valence-corrected chi connectivity index (χ3v) is 6.61. The maximum absolute atomic E-state index is 12.4. The van der Waals surface area contributed by atoms with Crippen molar-refractivity contribution in [3.8, 4) is 0 Å². The van der Waals surface area contributed by atoms with Crippen LogP contribution >= 0.6 is 11.8 Å². The maximum Gasteiger partial charge on any atom is 0.251 e. The third-order valence-electron chi connectivity index (χ3n) is 5.69. The molecule has 1 saturated heterocycles. The van der Waals surface area contributed by atoms with Gasteiger partial charge < -0.3 is 15.1 Å². The van der Waals surface area contributed by atoms with Gasteiger partial charge in [0, 0.05) is 55.3 Å². The molecule has 0 saturated carbocycles. The fourth-order valence-corrected chi connectivity index (χ4v) is 4.41. The molecule has 1 aliphatic heterocycles. The van der Waals surface area contributed by atoms with Gasteiger partial charge in [-0.15, -0.1) is 0 Å². The summed E-state index contributed by atoms with van der Waals surface area (Å²) < 4.78 is 0. The van der Waals surface area contributed by atoms with Crippen LogP contribution in [0.1, 0.15) is 48.0 Å². The Balaban J connectivity index is 1.67. The Bertz CT molecular complexity index is 894. The van der Waals surface area contributed by atoms with Crippen molar-refractivity contribution in [2.75, 3.05) is 44.2 Å². The molecule has 1 fully saturated rings. The first-order chi connectivity index (χ1) is 14.9. The number of thioether (sulfide) groups is 1. The van der Waals surface area contributed by atoms with E-state index in [-0.39, 0.29) is 5.91 Å². The van der Waals surface area contributed by atoms with Crippen LogP contribution in [0.15, 0.2) is 29.4 Å². The molecule has 1 aromatic carbocycles. The minimum atomic E-state index is -0.0171. The van der Waals surface area contributed by atoms with Crippen LogP contribution in [0.2, 0.25) is 0 Å². The Morgan fingerprint density at radius 2 is 1.90 bits per heavy atom. The number of benzene rings is 1. The van der Waals surface area contributed by atoms with Crippen LogP contribution in [0, 0.1) is 19.8 Å². The lowest BCUT2D eigenvalue weighted by atomic mass is 10.1. The molecule has 1 N–H and O–H groups in total. The van der Waals surface area contributed by atoms with Gasteiger partial charge in [-0.25, -0.2) is 9.97 Å². The van der Waals surface area contributed by atoms with Crippen molar-refractivity contribution in [2.45, 2.75) is 45.5 Å². The molecule has 31 heavy (non-hydrogen) atoms. The number of nitrogens with one attached hydrogen (secondary N) is 1. The molecule has 1 amide bonds. The number of hydrogen-bond donors (Lipinski definition) is 1. The van der Waals surface area contributed by atoms with Crippen LogP contribution in [-0.2, 0) is 5.75 Å². The number of carbonyl (C=O) groups is 1. The quantitative estimate of drug-likeness (QED) is 0.495. The fourth-order valence-electron chi connectivity index (χ4n) is 3.59. The number of likely N-dealkylation sites (N-methyl/N-ethyl adjacent to an activating group) is 1. The van der Waals surface area contributed by atoms with Gasteiger partial charge in [-0.05, 0) is 44.0 Å². The lowest BCUT2D eigenvalue weighted by Crippen LogP contribution is -2.46. The summed E-state index contributed by atoms with van der Waals surface area (Å²) in [6.07, 6.45) is 0. The third kappa shape index (κ3) is 6.43. The summed E-state index contributed by atoms with van der Waals surface area (Å²) in [6, 6.07) is 7.83. The first-order valence-electron chi connectivity index (χ1n) is 11.2. The van der Waals surface area contributed by atoms with E-state index in [2.05, 4.69) is 55.8 Å².